The third-order valence-corrected chi connectivity index (χ3v) is 4.12. The molecule has 3 rings (SSSR count). The highest BCUT2D eigenvalue weighted by Gasteiger charge is 2.51. The molecule has 0 bridgehead atoms. The van der Waals surface area contributed by atoms with Gasteiger partial charge < -0.3 is 9.73 Å². The van der Waals surface area contributed by atoms with Crippen LogP contribution in [0.5, 0.6) is 0 Å². The lowest BCUT2D eigenvalue weighted by atomic mass is 9.99. The van der Waals surface area contributed by atoms with Gasteiger partial charge in [-0.25, -0.2) is 9.18 Å². The standard InChI is InChI=1S/C16H14FN3O5/c1-9-6-7-13(25-9)16(2)14(21)19(15(22)18-16)8-10-11(17)4-3-5-12(10)20(23)24/h3-7H,8H2,1-2H3,(H,18,22). The van der Waals surface area contributed by atoms with Crippen LogP contribution in [0.1, 0.15) is 24.0 Å². The molecule has 1 fully saturated rings. The third-order valence-electron chi connectivity index (χ3n) is 4.12. The number of nitro groups is 1. The molecule has 1 aliphatic heterocycles. The highest BCUT2D eigenvalue weighted by molar-refractivity contribution is 6.06. The Kier molecular flexibility index (Phi) is 3.78. The minimum Gasteiger partial charge on any atom is -0.463 e. The normalized spacial score (nSPS) is 20.0. The number of benzene rings is 1. The Labute approximate surface area is 141 Å². The van der Waals surface area contributed by atoms with Crippen LogP contribution in [0.3, 0.4) is 0 Å². The van der Waals surface area contributed by atoms with Crippen molar-refractivity contribution in [3.63, 3.8) is 0 Å². The van der Waals surface area contributed by atoms with Gasteiger partial charge in [-0.3, -0.25) is 19.8 Å². The van der Waals surface area contributed by atoms with Crippen molar-refractivity contribution in [1.29, 1.82) is 0 Å². The monoisotopic (exact) mass is 347 g/mol. The van der Waals surface area contributed by atoms with Crippen molar-refractivity contribution < 1.29 is 23.3 Å². The molecular weight excluding hydrogens is 333 g/mol. The van der Waals surface area contributed by atoms with E-state index in [9.17, 15) is 24.1 Å². The largest absolute Gasteiger partial charge is 0.463 e. The van der Waals surface area contributed by atoms with Crippen LogP contribution in [-0.4, -0.2) is 21.8 Å². The summed E-state index contributed by atoms with van der Waals surface area (Å²) in [6.45, 7) is 2.60. The molecule has 1 N–H and O–H groups in total. The zero-order chi connectivity index (χ0) is 18.4. The molecule has 1 unspecified atom stereocenters. The zero-order valence-electron chi connectivity index (χ0n) is 13.4. The van der Waals surface area contributed by atoms with Crippen molar-refractivity contribution in [2.24, 2.45) is 0 Å². The van der Waals surface area contributed by atoms with Crippen molar-refractivity contribution in [3.8, 4) is 0 Å². The maximum Gasteiger partial charge on any atom is 0.325 e. The number of hydrogen-bond donors (Lipinski definition) is 1. The van der Waals surface area contributed by atoms with Gasteiger partial charge in [0.05, 0.1) is 17.0 Å². The molecule has 0 radical (unpaired) electrons. The number of imide groups is 1. The van der Waals surface area contributed by atoms with E-state index in [1.54, 1.807) is 19.1 Å². The highest BCUT2D eigenvalue weighted by Crippen LogP contribution is 2.32. The molecule has 1 aromatic heterocycles. The van der Waals surface area contributed by atoms with Crippen molar-refractivity contribution in [2.75, 3.05) is 0 Å². The second-order valence-corrected chi connectivity index (χ2v) is 5.85. The summed E-state index contributed by atoms with van der Waals surface area (Å²) in [7, 11) is 0. The van der Waals surface area contributed by atoms with Crippen LogP contribution in [0.2, 0.25) is 0 Å². The van der Waals surface area contributed by atoms with Crippen molar-refractivity contribution in [2.45, 2.75) is 25.9 Å². The van der Waals surface area contributed by atoms with Gasteiger partial charge in [-0.05, 0) is 32.0 Å². The summed E-state index contributed by atoms with van der Waals surface area (Å²) < 4.78 is 19.5. The molecule has 0 aliphatic carbocycles. The molecule has 0 saturated carbocycles. The van der Waals surface area contributed by atoms with Crippen LogP contribution in [0.15, 0.2) is 34.7 Å². The number of nitrogens with one attached hydrogen (secondary N) is 1. The molecule has 1 aliphatic rings. The van der Waals surface area contributed by atoms with Crippen LogP contribution >= 0.6 is 0 Å². The van der Waals surface area contributed by atoms with E-state index in [0.29, 0.717) is 5.76 Å². The van der Waals surface area contributed by atoms with Gasteiger partial charge in [-0.2, -0.15) is 0 Å². The predicted molar refractivity (Wildman–Crippen MR) is 82.9 cm³/mol. The fourth-order valence-corrected chi connectivity index (χ4v) is 2.74. The number of halogens is 1. The van der Waals surface area contributed by atoms with Gasteiger partial charge in [0, 0.05) is 6.07 Å². The fraction of sp³-hybridized carbons (Fsp3) is 0.250. The number of aryl methyl sites for hydroxylation is 1. The lowest BCUT2D eigenvalue weighted by Crippen LogP contribution is -2.40. The van der Waals surface area contributed by atoms with E-state index in [4.69, 9.17) is 4.42 Å². The van der Waals surface area contributed by atoms with Crippen LogP contribution in [0.25, 0.3) is 0 Å². The molecule has 2 aromatic rings. The van der Waals surface area contributed by atoms with E-state index in [0.717, 1.165) is 17.0 Å². The molecule has 0 spiro atoms. The molecule has 25 heavy (non-hydrogen) atoms. The highest BCUT2D eigenvalue weighted by atomic mass is 19.1. The zero-order valence-corrected chi connectivity index (χ0v) is 13.4. The Hall–Kier alpha value is -3.23. The number of rotatable bonds is 4. The molecule has 1 saturated heterocycles. The van der Waals surface area contributed by atoms with E-state index in [2.05, 4.69) is 5.32 Å². The smallest absolute Gasteiger partial charge is 0.325 e. The average molecular weight is 347 g/mol. The van der Waals surface area contributed by atoms with E-state index >= 15 is 0 Å². The van der Waals surface area contributed by atoms with Gasteiger partial charge in [0.15, 0.2) is 5.54 Å². The Balaban J connectivity index is 1.96. The molecule has 1 aromatic carbocycles. The minimum atomic E-state index is -1.45. The second-order valence-electron chi connectivity index (χ2n) is 5.85. The fourth-order valence-electron chi connectivity index (χ4n) is 2.74. The minimum absolute atomic E-state index is 0.230. The van der Waals surface area contributed by atoms with Crippen molar-refractivity contribution >= 4 is 17.6 Å². The van der Waals surface area contributed by atoms with Gasteiger partial charge in [0.1, 0.15) is 17.3 Å². The summed E-state index contributed by atoms with van der Waals surface area (Å²) in [4.78, 5) is 36.0. The number of urea groups is 1. The molecular formula is C16H14FN3O5. The Morgan fingerprint density at radius 2 is 2.04 bits per heavy atom. The summed E-state index contributed by atoms with van der Waals surface area (Å²) in [6, 6.07) is 5.77. The van der Waals surface area contributed by atoms with E-state index in [-0.39, 0.29) is 11.3 Å². The number of nitrogens with zero attached hydrogens (tertiary/aromatic N) is 2. The van der Waals surface area contributed by atoms with Crippen LogP contribution in [-0.2, 0) is 16.9 Å². The lowest BCUT2D eigenvalue weighted by Gasteiger charge is -2.19. The third kappa shape index (κ3) is 2.63. The van der Waals surface area contributed by atoms with Gasteiger partial charge >= 0.3 is 6.03 Å². The Morgan fingerprint density at radius 3 is 2.64 bits per heavy atom. The van der Waals surface area contributed by atoms with E-state index in [1.165, 1.54) is 13.0 Å². The molecule has 8 nitrogen and oxygen atoms in total. The van der Waals surface area contributed by atoms with Crippen molar-refractivity contribution in [1.82, 2.24) is 10.2 Å². The number of hydrogen-bond acceptors (Lipinski definition) is 5. The van der Waals surface area contributed by atoms with Gasteiger partial charge in [0.25, 0.3) is 11.6 Å². The molecule has 130 valence electrons. The maximum absolute atomic E-state index is 14.0. The first-order chi connectivity index (χ1) is 11.7. The number of carbonyl (C=O) groups is 2. The number of carbonyl (C=O) groups excluding carboxylic acids is 2. The molecule has 9 heteroatoms. The molecule has 2 heterocycles. The summed E-state index contributed by atoms with van der Waals surface area (Å²) in [6.07, 6.45) is 0. The van der Waals surface area contributed by atoms with Crippen LogP contribution in [0, 0.1) is 22.9 Å². The summed E-state index contributed by atoms with van der Waals surface area (Å²) >= 11 is 0. The number of furan rings is 1. The number of amides is 3. The average Bonchev–Trinajstić information content (AvgIpc) is 3.07. The first-order valence-electron chi connectivity index (χ1n) is 7.37. The van der Waals surface area contributed by atoms with Gasteiger partial charge in [-0.15, -0.1) is 0 Å². The van der Waals surface area contributed by atoms with E-state index in [1.807, 2.05) is 0 Å². The summed E-state index contributed by atoms with van der Waals surface area (Å²) in [5, 5.41) is 13.6. The summed E-state index contributed by atoms with van der Waals surface area (Å²) in [5.41, 5.74) is -2.29. The topological polar surface area (TPSA) is 106 Å². The number of nitro benzene ring substituents is 1. The Bertz CT molecular complexity index is 894. The van der Waals surface area contributed by atoms with Crippen LogP contribution in [0.4, 0.5) is 14.9 Å². The van der Waals surface area contributed by atoms with E-state index < -0.39 is 40.4 Å². The van der Waals surface area contributed by atoms with Crippen molar-refractivity contribution in [3.05, 3.63) is 63.3 Å². The summed E-state index contributed by atoms with van der Waals surface area (Å²) in [5.74, 6) is -0.753. The maximum atomic E-state index is 14.0. The van der Waals surface area contributed by atoms with Gasteiger partial charge in [0.2, 0.25) is 0 Å². The SMILES string of the molecule is Cc1ccc(C2(C)NC(=O)N(Cc3c(F)cccc3[N+](=O)[O-])C2=O)o1. The molecule has 3 amide bonds. The molecule has 1 atom stereocenters. The lowest BCUT2D eigenvalue weighted by molar-refractivity contribution is -0.385. The first-order valence-corrected chi connectivity index (χ1v) is 7.37. The second kappa shape index (κ2) is 5.69. The van der Waals surface area contributed by atoms with Gasteiger partial charge in [-0.1, -0.05) is 6.07 Å². The quantitative estimate of drug-likeness (QED) is 0.520. The predicted octanol–water partition coefficient (Wildman–Crippen LogP) is 2.60. The first kappa shape index (κ1) is 16.6. The van der Waals surface area contributed by atoms with Crippen LogP contribution < -0.4 is 5.32 Å². The Morgan fingerprint density at radius 1 is 1.32 bits per heavy atom.